The van der Waals surface area contributed by atoms with Crippen LogP contribution < -0.4 is 0 Å². The molecule has 0 aromatic rings. The highest BCUT2D eigenvalue weighted by atomic mass is 16.3. The van der Waals surface area contributed by atoms with Gasteiger partial charge in [-0.25, -0.2) is 0 Å². The average Bonchev–Trinajstić information content (AvgIpc) is 1.85. The monoisotopic (exact) mass is 159 g/mol. The van der Waals surface area contributed by atoms with Crippen LogP contribution in [-0.4, -0.2) is 34.5 Å². The Morgan fingerprint density at radius 2 is 2.09 bits per heavy atom. The largest absolute Gasteiger partial charge is 0.394 e. The molecule has 0 aliphatic rings. The highest BCUT2D eigenvalue weighted by Crippen LogP contribution is 1.94. The molecule has 0 aliphatic carbocycles. The number of rotatable bonds is 5. The number of carbonyl (C=O) groups excluding carboxylic acids is 2. The molecule has 0 saturated heterocycles. The van der Waals surface area contributed by atoms with E-state index in [2.05, 4.69) is 0 Å². The zero-order chi connectivity index (χ0) is 8.85. The van der Waals surface area contributed by atoms with Gasteiger partial charge < -0.3 is 10.2 Å². The highest BCUT2D eigenvalue weighted by Gasteiger charge is 2.11. The lowest BCUT2D eigenvalue weighted by molar-refractivity contribution is -0.124. The lowest BCUT2D eigenvalue weighted by Crippen LogP contribution is -2.19. The predicted octanol–water partition coefficient (Wildman–Crippen LogP) is -0.908. The molecule has 0 aromatic heterocycles. The highest BCUT2D eigenvalue weighted by molar-refractivity contribution is 6.02. The third kappa shape index (κ3) is 5.69. The maximum atomic E-state index is 10.7. The second-order valence-corrected chi connectivity index (χ2v) is 2.26. The third-order valence-corrected chi connectivity index (χ3v) is 0.989. The number of hydrogen-bond donors (Lipinski definition) is 2. The molecule has 0 bridgehead atoms. The van der Waals surface area contributed by atoms with E-state index in [1.165, 1.54) is 6.92 Å². The van der Waals surface area contributed by atoms with Gasteiger partial charge in [0, 0.05) is 0 Å². The molecule has 1 atom stereocenters. The van der Waals surface area contributed by atoms with Gasteiger partial charge in [0.15, 0.2) is 0 Å². The summed E-state index contributed by atoms with van der Waals surface area (Å²) in [6.45, 7) is 0.792. The number of aliphatic hydroxyl groups is 2. The van der Waals surface area contributed by atoms with Crippen molar-refractivity contribution in [3.8, 4) is 0 Å². The van der Waals surface area contributed by atoms with E-state index >= 15 is 0 Å². The normalized spacial score (nSPS) is 12.6. The zero-order valence-corrected chi connectivity index (χ0v) is 6.28. The van der Waals surface area contributed by atoms with Crippen LogP contribution >= 0.6 is 0 Å². The lowest BCUT2D eigenvalue weighted by Gasteiger charge is -2.02. The maximum absolute atomic E-state index is 10.7. The Bertz CT molecular complexity index is 153. The first-order chi connectivity index (χ1) is 5.06. The fourth-order valence-electron chi connectivity index (χ4n) is 0.572. The molecule has 2 N–H and O–H groups in total. The quantitative estimate of drug-likeness (QED) is 0.509. The first-order valence-corrected chi connectivity index (χ1v) is 3.22. The summed E-state index contributed by atoms with van der Waals surface area (Å²) in [5.74, 6) is -0.713. The number of hydrogen-bond acceptors (Lipinski definition) is 4. The van der Waals surface area contributed by atoms with Gasteiger partial charge >= 0.3 is 0 Å². The fraction of sp³-hybridized carbons (Fsp3) is 0.571. The van der Waals surface area contributed by atoms with Crippen LogP contribution in [0.4, 0.5) is 0 Å². The molecule has 4 heteroatoms. The van der Waals surface area contributed by atoms with E-state index in [4.69, 9.17) is 10.2 Å². The van der Waals surface area contributed by atoms with Crippen molar-refractivity contribution < 1.29 is 19.8 Å². The Hall–Kier alpha value is -0.740. The first kappa shape index (κ1) is 10.3. The van der Waals surface area contributed by atoms with Crippen LogP contribution in [0, 0.1) is 6.42 Å². The Morgan fingerprint density at radius 1 is 1.55 bits per heavy atom. The van der Waals surface area contributed by atoms with E-state index in [1.807, 2.05) is 0 Å². The van der Waals surface area contributed by atoms with Crippen LogP contribution in [0.15, 0.2) is 0 Å². The molecule has 0 fully saturated rings. The summed E-state index contributed by atoms with van der Waals surface area (Å²) in [5, 5.41) is 17.0. The SMILES string of the molecule is CC(=O)CC(=O)[CH]C(O)CO. The zero-order valence-electron chi connectivity index (χ0n) is 6.28. The average molecular weight is 159 g/mol. The number of Topliss-reactive ketones (excluding diaryl/α,β-unsaturated/α-hetero) is 2. The van der Waals surface area contributed by atoms with Crippen LogP contribution in [0.25, 0.3) is 0 Å². The van der Waals surface area contributed by atoms with E-state index in [1.54, 1.807) is 0 Å². The molecule has 11 heavy (non-hydrogen) atoms. The summed E-state index contributed by atoms with van der Waals surface area (Å²) >= 11 is 0. The van der Waals surface area contributed by atoms with Gasteiger partial charge in [0.1, 0.15) is 11.6 Å². The summed E-state index contributed by atoms with van der Waals surface area (Å²) < 4.78 is 0. The van der Waals surface area contributed by atoms with Crippen molar-refractivity contribution >= 4 is 11.6 Å². The minimum atomic E-state index is -1.15. The molecule has 0 spiro atoms. The Labute approximate surface area is 64.8 Å². The molecule has 0 rings (SSSR count). The van der Waals surface area contributed by atoms with Crippen molar-refractivity contribution in [3.05, 3.63) is 6.42 Å². The maximum Gasteiger partial charge on any atom is 0.146 e. The van der Waals surface area contributed by atoms with Gasteiger partial charge in [0.2, 0.25) is 0 Å². The van der Waals surface area contributed by atoms with Gasteiger partial charge in [-0.05, 0) is 6.92 Å². The number of carbonyl (C=O) groups is 2. The summed E-state index contributed by atoms with van der Waals surface area (Å²) in [4.78, 5) is 21.0. The molecule has 4 nitrogen and oxygen atoms in total. The van der Waals surface area contributed by atoms with Crippen molar-refractivity contribution in [3.63, 3.8) is 0 Å². The number of ketones is 2. The van der Waals surface area contributed by atoms with Crippen LogP contribution in [-0.2, 0) is 9.59 Å². The van der Waals surface area contributed by atoms with Crippen molar-refractivity contribution in [1.29, 1.82) is 0 Å². The third-order valence-electron chi connectivity index (χ3n) is 0.989. The smallest absolute Gasteiger partial charge is 0.146 e. The second-order valence-electron chi connectivity index (χ2n) is 2.26. The Morgan fingerprint density at radius 3 is 2.45 bits per heavy atom. The molecule has 1 radical (unpaired) electrons. The van der Waals surface area contributed by atoms with Crippen LogP contribution in [0.3, 0.4) is 0 Å². The van der Waals surface area contributed by atoms with Crippen LogP contribution in [0.1, 0.15) is 13.3 Å². The van der Waals surface area contributed by atoms with Crippen LogP contribution in [0.5, 0.6) is 0 Å². The van der Waals surface area contributed by atoms with Gasteiger partial charge in [-0.3, -0.25) is 9.59 Å². The summed E-state index contributed by atoms with van der Waals surface area (Å²) in [6.07, 6.45) is -0.430. The van der Waals surface area contributed by atoms with Gasteiger partial charge in [0.25, 0.3) is 0 Å². The Balaban J connectivity index is 3.60. The molecule has 1 unspecified atom stereocenters. The lowest BCUT2D eigenvalue weighted by atomic mass is 10.1. The fourth-order valence-corrected chi connectivity index (χ4v) is 0.572. The van der Waals surface area contributed by atoms with E-state index < -0.39 is 18.5 Å². The molecule has 63 valence electrons. The minimum Gasteiger partial charge on any atom is -0.394 e. The minimum absolute atomic E-state index is 0.211. The molecular weight excluding hydrogens is 148 g/mol. The molecule has 0 heterocycles. The molecule has 0 aromatic carbocycles. The second kappa shape index (κ2) is 4.98. The van der Waals surface area contributed by atoms with Gasteiger partial charge in [0.05, 0.1) is 25.6 Å². The van der Waals surface area contributed by atoms with Crippen molar-refractivity contribution in [2.45, 2.75) is 19.4 Å². The van der Waals surface area contributed by atoms with Crippen LogP contribution in [0.2, 0.25) is 0 Å². The van der Waals surface area contributed by atoms with Gasteiger partial charge in [-0.15, -0.1) is 0 Å². The topological polar surface area (TPSA) is 74.6 Å². The van der Waals surface area contributed by atoms with E-state index in [9.17, 15) is 9.59 Å². The molecule has 0 saturated carbocycles. The first-order valence-electron chi connectivity index (χ1n) is 3.22. The molecular formula is C7H11O4. The van der Waals surface area contributed by atoms with Crippen molar-refractivity contribution in [1.82, 2.24) is 0 Å². The Kier molecular flexibility index (Phi) is 4.65. The van der Waals surface area contributed by atoms with Gasteiger partial charge in [-0.2, -0.15) is 0 Å². The van der Waals surface area contributed by atoms with Crippen molar-refractivity contribution in [2.75, 3.05) is 6.61 Å². The molecule has 0 aliphatic heterocycles. The van der Waals surface area contributed by atoms with E-state index in [-0.39, 0.29) is 12.2 Å². The summed E-state index contributed by atoms with van der Waals surface area (Å²) in [7, 11) is 0. The standard InChI is InChI=1S/C7H11O4/c1-5(9)2-6(10)3-7(11)4-8/h3,7-8,11H,2,4H2,1H3. The summed E-state index contributed by atoms with van der Waals surface area (Å²) in [5.41, 5.74) is 0. The predicted molar refractivity (Wildman–Crippen MR) is 37.7 cm³/mol. The summed E-state index contributed by atoms with van der Waals surface area (Å²) in [6, 6.07) is 0. The van der Waals surface area contributed by atoms with Crippen molar-refractivity contribution in [2.24, 2.45) is 0 Å². The van der Waals surface area contributed by atoms with E-state index in [0.29, 0.717) is 0 Å². The number of aliphatic hydroxyl groups excluding tert-OH is 2. The molecule has 0 amide bonds. The van der Waals surface area contributed by atoms with E-state index in [0.717, 1.165) is 6.42 Å². The van der Waals surface area contributed by atoms with Gasteiger partial charge in [-0.1, -0.05) is 0 Å².